The second-order valence-corrected chi connectivity index (χ2v) is 3.72. The van der Waals surface area contributed by atoms with Gasteiger partial charge in [0.1, 0.15) is 0 Å². The minimum Gasteiger partial charge on any atom is -0.319 e. The molecule has 0 bridgehead atoms. The van der Waals surface area contributed by atoms with Crippen LogP contribution in [0, 0.1) is 18.7 Å². The van der Waals surface area contributed by atoms with Crippen LogP contribution in [0.5, 0.6) is 0 Å². The molecule has 2 aromatic heterocycles. The molecule has 0 saturated heterocycles. The van der Waals surface area contributed by atoms with Crippen LogP contribution < -0.4 is 5.32 Å². The molecular formula is C11H10F2N4O. The zero-order chi connectivity index (χ0) is 13.3. The number of hydrogen-bond acceptors (Lipinski definition) is 3. The molecule has 0 fully saturated rings. The van der Waals surface area contributed by atoms with E-state index < -0.39 is 23.2 Å². The van der Waals surface area contributed by atoms with Crippen LogP contribution in [0.15, 0.2) is 18.5 Å². The number of nitrogens with zero attached hydrogens (tertiary/aromatic N) is 3. The van der Waals surface area contributed by atoms with E-state index in [0.717, 1.165) is 12.3 Å². The minimum absolute atomic E-state index is 0.397. The standard InChI is InChI=1S/C11H10F2N4O/c1-6-8(5-17(2)16-6)15-11(18)7-3-4-14-10(13)9(7)12/h3-5H,1-2H3,(H,15,18). The van der Waals surface area contributed by atoms with E-state index in [9.17, 15) is 13.6 Å². The number of pyridine rings is 1. The van der Waals surface area contributed by atoms with Crippen molar-refractivity contribution in [2.75, 3.05) is 5.32 Å². The Bertz CT molecular complexity index is 609. The topological polar surface area (TPSA) is 59.8 Å². The van der Waals surface area contributed by atoms with Gasteiger partial charge in [-0.1, -0.05) is 0 Å². The molecular weight excluding hydrogens is 242 g/mol. The Morgan fingerprint density at radius 2 is 2.17 bits per heavy atom. The van der Waals surface area contributed by atoms with Gasteiger partial charge >= 0.3 is 0 Å². The summed E-state index contributed by atoms with van der Waals surface area (Å²) in [5, 5.41) is 6.48. The Labute approximate surface area is 101 Å². The molecule has 0 aliphatic carbocycles. The van der Waals surface area contributed by atoms with Crippen molar-refractivity contribution >= 4 is 11.6 Å². The van der Waals surface area contributed by atoms with Crippen LogP contribution in [-0.2, 0) is 7.05 Å². The van der Waals surface area contributed by atoms with Crippen LogP contribution in [0.25, 0.3) is 0 Å². The third-order valence-corrected chi connectivity index (χ3v) is 2.35. The summed E-state index contributed by atoms with van der Waals surface area (Å²) in [6.45, 7) is 1.69. The third-order valence-electron chi connectivity index (χ3n) is 2.35. The van der Waals surface area contributed by atoms with Crippen LogP contribution in [0.1, 0.15) is 16.1 Å². The molecule has 2 heterocycles. The summed E-state index contributed by atoms with van der Waals surface area (Å²) in [6, 6.07) is 1.11. The van der Waals surface area contributed by atoms with Crippen LogP contribution in [0.2, 0.25) is 0 Å². The Morgan fingerprint density at radius 1 is 1.44 bits per heavy atom. The van der Waals surface area contributed by atoms with Gasteiger partial charge in [0, 0.05) is 19.4 Å². The summed E-state index contributed by atoms with van der Waals surface area (Å²) in [7, 11) is 1.69. The number of aromatic nitrogens is 3. The zero-order valence-corrected chi connectivity index (χ0v) is 9.74. The van der Waals surface area contributed by atoms with Crippen molar-refractivity contribution in [2.45, 2.75) is 6.92 Å². The number of halogens is 2. The van der Waals surface area contributed by atoms with Crippen molar-refractivity contribution in [3.05, 3.63) is 41.5 Å². The van der Waals surface area contributed by atoms with Gasteiger partial charge in [-0.15, -0.1) is 0 Å². The van der Waals surface area contributed by atoms with E-state index in [0.29, 0.717) is 11.4 Å². The molecule has 1 N–H and O–H groups in total. The second-order valence-electron chi connectivity index (χ2n) is 3.72. The van der Waals surface area contributed by atoms with Crippen LogP contribution in [0.3, 0.4) is 0 Å². The van der Waals surface area contributed by atoms with Crippen molar-refractivity contribution < 1.29 is 13.6 Å². The number of carbonyl (C=O) groups excluding carboxylic acids is 1. The Balaban J connectivity index is 2.27. The van der Waals surface area contributed by atoms with E-state index >= 15 is 0 Å². The maximum absolute atomic E-state index is 13.3. The van der Waals surface area contributed by atoms with Gasteiger partial charge < -0.3 is 5.32 Å². The maximum atomic E-state index is 13.3. The second kappa shape index (κ2) is 4.52. The third kappa shape index (κ3) is 2.20. The van der Waals surface area contributed by atoms with E-state index in [1.165, 1.54) is 4.68 Å². The summed E-state index contributed by atoms with van der Waals surface area (Å²) in [6.07, 6.45) is 2.60. The van der Waals surface area contributed by atoms with Gasteiger partial charge in [-0.05, 0) is 13.0 Å². The van der Waals surface area contributed by atoms with E-state index in [4.69, 9.17) is 0 Å². The smallest absolute Gasteiger partial charge is 0.258 e. The average Bonchev–Trinajstić information content (AvgIpc) is 2.61. The maximum Gasteiger partial charge on any atom is 0.258 e. The van der Waals surface area contributed by atoms with Gasteiger partial charge in [-0.3, -0.25) is 9.48 Å². The highest BCUT2D eigenvalue weighted by Gasteiger charge is 2.17. The Morgan fingerprint density at radius 3 is 2.78 bits per heavy atom. The lowest BCUT2D eigenvalue weighted by molar-refractivity contribution is 0.102. The summed E-state index contributed by atoms with van der Waals surface area (Å²) >= 11 is 0. The normalized spacial score (nSPS) is 10.4. The highest BCUT2D eigenvalue weighted by molar-refractivity contribution is 6.04. The molecule has 0 spiro atoms. The molecule has 0 atom stereocenters. The molecule has 0 saturated carbocycles. The van der Waals surface area contributed by atoms with Gasteiger partial charge in [0.2, 0.25) is 5.95 Å². The first kappa shape index (κ1) is 12.2. The number of hydrogen-bond donors (Lipinski definition) is 1. The molecule has 0 aliphatic rings. The summed E-state index contributed by atoms with van der Waals surface area (Å²) in [5.74, 6) is -3.31. The molecule has 2 rings (SSSR count). The molecule has 94 valence electrons. The van der Waals surface area contributed by atoms with Crippen LogP contribution >= 0.6 is 0 Å². The Hall–Kier alpha value is -2.31. The van der Waals surface area contributed by atoms with E-state index in [-0.39, 0.29) is 0 Å². The molecule has 18 heavy (non-hydrogen) atoms. The lowest BCUT2D eigenvalue weighted by Crippen LogP contribution is -2.15. The molecule has 0 unspecified atom stereocenters. The van der Waals surface area contributed by atoms with Crippen molar-refractivity contribution in [1.82, 2.24) is 14.8 Å². The molecule has 1 amide bonds. The van der Waals surface area contributed by atoms with Crippen molar-refractivity contribution in [3.63, 3.8) is 0 Å². The SMILES string of the molecule is Cc1nn(C)cc1NC(=O)c1ccnc(F)c1F. The summed E-state index contributed by atoms with van der Waals surface area (Å²) in [5.41, 5.74) is 0.630. The molecule has 7 heteroatoms. The first-order chi connectivity index (χ1) is 8.49. The number of amides is 1. The van der Waals surface area contributed by atoms with Gasteiger partial charge in [-0.2, -0.15) is 9.49 Å². The number of rotatable bonds is 2. The molecule has 5 nitrogen and oxygen atoms in total. The Kier molecular flexibility index (Phi) is 3.05. The molecule has 0 radical (unpaired) electrons. The number of anilines is 1. The fraction of sp³-hybridized carbons (Fsp3) is 0.182. The lowest BCUT2D eigenvalue weighted by Gasteiger charge is -2.04. The van der Waals surface area contributed by atoms with Crippen molar-refractivity contribution in [2.24, 2.45) is 7.05 Å². The fourth-order valence-corrected chi connectivity index (χ4v) is 1.51. The van der Waals surface area contributed by atoms with Crippen molar-refractivity contribution in [3.8, 4) is 0 Å². The van der Waals surface area contributed by atoms with Crippen molar-refractivity contribution in [1.29, 1.82) is 0 Å². The van der Waals surface area contributed by atoms with E-state index in [1.807, 2.05) is 0 Å². The van der Waals surface area contributed by atoms with Gasteiger partial charge in [0.25, 0.3) is 5.91 Å². The first-order valence-electron chi connectivity index (χ1n) is 5.10. The van der Waals surface area contributed by atoms with Gasteiger partial charge in [0.05, 0.1) is 16.9 Å². The summed E-state index contributed by atoms with van der Waals surface area (Å²) < 4.78 is 27.7. The number of carbonyl (C=O) groups is 1. The monoisotopic (exact) mass is 252 g/mol. The number of aryl methyl sites for hydroxylation is 2. The van der Waals surface area contributed by atoms with Crippen LogP contribution in [0.4, 0.5) is 14.5 Å². The predicted octanol–water partition coefficient (Wildman–Crippen LogP) is 1.65. The van der Waals surface area contributed by atoms with Crippen LogP contribution in [-0.4, -0.2) is 20.7 Å². The molecule has 2 aromatic rings. The highest BCUT2D eigenvalue weighted by atomic mass is 19.2. The van der Waals surface area contributed by atoms with E-state index in [1.54, 1.807) is 20.2 Å². The fourth-order valence-electron chi connectivity index (χ4n) is 1.51. The van der Waals surface area contributed by atoms with Gasteiger partial charge in [0.15, 0.2) is 5.82 Å². The molecule has 0 aromatic carbocycles. The minimum atomic E-state index is -1.30. The summed E-state index contributed by atoms with van der Waals surface area (Å²) in [4.78, 5) is 14.9. The van der Waals surface area contributed by atoms with Gasteiger partial charge in [-0.25, -0.2) is 9.37 Å². The quantitative estimate of drug-likeness (QED) is 0.827. The number of nitrogens with one attached hydrogen (secondary N) is 1. The zero-order valence-electron chi connectivity index (χ0n) is 9.74. The first-order valence-corrected chi connectivity index (χ1v) is 5.10. The highest BCUT2D eigenvalue weighted by Crippen LogP contribution is 2.15. The van der Waals surface area contributed by atoms with E-state index in [2.05, 4.69) is 15.4 Å². The lowest BCUT2D eigenvalue weighted by atomic mass is 10.2. The predicted molar refractivity (Wildman–Crippen MR) is 60.1 cm³/mol. The largest absolute Gasteiger partial charge is 0.319 e. The average molecular weight is 252 g/mol. The molecule has 0 aliphatic heterocycles.